The van der Waals surface area contributed by atoms with Gasteiger partial charge < -0.3 is 15.2 Å². The molecule has 5 nitrogen and oxygen atoms in total. The number of carboxylic acids is 1. The predicted molar refractivity (Wildman–Crippen MR) is 78.4 cm³/mol. The normalized spacial score (nSPS) is 18.0. The number of carbonyl (C=O) groups excluding carboxylic acids is 1. The molecule has 1 amide bonds. The standard InChI is InChI=1S/C16H21NO4/c1-8(2)14(16(19)20)17-15(18)13-7-11-5-9(3)10(4)6-12(11)21-13/h5-6,8,13-14H,7H2,1-4H3,(H,17,18)(H,19,20)/t13?,14-/m1/s1. The van der Waals surface area contributed by atoms with Gasteiger partial charge in [0.25, 0.3) is 5.91 Å². The van der Waals surface area contributed by atoms with Gasteiger partial charge in [-0.15, -0.1) is 0 Å². The van der Waals surface area contributed by atoms with E-state index in [0.29, 0.717) is 6.42 Å². The van der Waals surface area contributed by atoms with E-state index in [1.807, 2.05) is 26.0 Å². The van der Waals surface area contributed by atoms with Crippen molar-refractivity contribution >= 4 is 11.9 Å². The maximum Gasteiger partial charge on any atom is 0.326 e. The Morgan fingerprint density at radius 3 is 2.48 bits per heavy atom. The fourth-order valence-electron chi connectivity index (χ4n) is 2.42. The summed E-state index contributed by atoms with van der Waals surface area (Å²) in [5.41, 5.74) is 3.26. The van der Waals surface area contributed by atoms with E-state index in [1.165, 1.54) is 0 Å². The molecule has 0 bridgehead atoms. The molecule has 0 spiro atoms. The number of amides is 1. The molecule has 0 aromatic heterocycles. The number of nitrogens with one attached hydrogen (secondary N) is 1. The second-order valence-electron chi connectivity index (χ2n) is 5.92. The van der Waals surface area contributed by atoms with Crippen molar-refractivity contribution in [2.45, 2.75) is 46.3 Å². The summed E-state index contributed by atoms with van der Waals surface area (Å²) in [7, 11) is 0. The molecule has 21 heavy (non-hydrogen) atoms. The molecule has 1 aromatic rings. The Balaban J connectivity index is 2.08. The molecule has 1 aliphatic heterocycles. The molecular formula is C16H21NO4. The monoisotopic (exact) mass is 291 g/mol. The van der Waals surface area contributed by atoms with Crippen molar-refractivity contribution in [3.05, 3.63) is 28.8 Å². The molecule has 1 heterocycles. The fraction of sp³-hybridized carbons (Fsp3) is 0.500. The summed E-state index contributed by atoms with van der Waals surface area (Å²) in [4.78, 5) is 23.3. The zero-order chi connectivity index (χ0) is 15.7. The van der Waals surface area contributed by atoms with Gasteiger partial charge in [0.2, 0.25) is 0 Å². The molecule has 1 aliphatic rings. The Bertz CT molecular complexity index is 549. The molecule has 5 heteroatoms. The number of fused-ring (bicyclic) bond motifs is 1. The van der Waals surface area contributed by atoms with E-state index in [-0.39, 0.29) is 11.8 Å². The van der Waals surface area contributed by atoms with Crippen LogP contribution in [0.15, 0.2) is 12.1 Å². The fourth-order valence-corrected chi connectivity index (χ4v) is 2.42. The Hall–Kier alpha value is -2.04. The van der Waals surface area contributed by atoms with Gasteiger partial charge in [-0.1, -0.05) is 19.9 Å². The van der Waals surface area contributed by atoms with Crippen molar-refractivity contribution in [2.24, 2.45) is 5.92 Å². The number of carbonyl (C=O) groups is 2. The molecule has 0 saturated heterocycles. The van der Waals surface area contributed by atoms with Crippen LogP contribution in [0.4, 0.5) is 0 Å². The zero-order valence-corrected chi connectivity index (χ0v) is 12.8. The predicted octanol–water partition coefficient (Wildman–Crippen LogP) is 1.83. The summed E-state index contributed by atoms with van der Waals surface area (Å²) in [5, 5.41) is 11.7. The molecule has 2 N–H and O–H groups in total. The zero-order valence-electron chi connectivity index (χ0n) is 12.8. The van der Waals surface area contributed by atoms with Crippen LogP contribution in [0.1, 0.15) is 30.5 Å². The number of hydrogen-bond acceptors (Lipinski definition) is 3. The van der Waals surface area contributed by atoms with E-state index >= 15 is 0 Å². The molecule has 1 aromatic carbocycles. The number of aryl methyl sites for hydroxylation is 2. The highest BCUT2D eigenvalue weighted by atomic mass is 16.5. The topological polar surface area (TPSA) is 75.6 Å². The summed E-state index contributed by atoms with van der Waals surface area (Å²) in [6.07, 6.45) is -0.172. The van der Waals surface area contributed by atoms with Crippen LogP contribution in [-0.2, 0) is 16.0 Å². The van der Waals surface area contributed by atoms with E-state index in [2.05, 4.69) is 5.32 Å². The van der Waals surface area contributed by atoms with E-state index in [9.17, 15) is 9.59 Å². The smallest absolute Gasteiger partial charge is 0.326 e. The molecule has 114 valence electrons. The van der Waals surface area contributed by atoms with E-state index in [0.717, 1.165) is 22.4 Å². The van der Waals surface area contributed by atoms with Gasteiger partial charge in [-0.3, -0.25) is 4.79 Å². The highest BCUT2D eigenvalue weighted by Crippen LogP contribution is 2.31. The van der Waals surface area contributed by atoms with E-state index in [1.54, 1.807) is 13.8 Å². The lowest BCUT2D eigenvalue weighted by atomic mass is 10.0. The highest BCUT2D eigenvalue weighted by Gasteiger charge is 2.33. The Labute approximate surface area is 124 Å². The van der Waals surface area contributed by atoms with Gasteiger partial charge in [-0.05, 0) is 42.5 Å². The highest BCUT2D eigenvalue weighted by molar-refractivity contribution is 5.87. The van der Waals surface area contributed by atoms with Crippen molar-refractivity contribution < 1.29 is 19.4 Å². The van der Waals surface area contributed by atoms with Crippen LogP contribution >= 0.6 is 0 Å². The number of rotatable bonds is 4. The lowest BCUT2D eigenvalue weighted by Crippen LogP contribution is -2.49. The summed E-state index contributed by atoms with van der Waals surface area (Å²) in [5.74, 6) is -0.863. The average Bonchev–Trinajstić information content (AvgIpc) is 2.78. The third kappa shape index (κ3) is 3.17. The van der Waals surface area contributed by atoms with Crippen LogP contribution in [0.2, 0.25) is 0 Å². The second-order valence-corrected chi connectivity index (χ2v) is 5.92. The van der Waals surface area contributed by atoms with Crippen LogP contribution < -0.4 is 10.1 Å². The van der Waals surface area contributed by atoms with Crippen molar-refractivity contribution in [3.8, 4) is 5.75 Å². The molecule has 0 radical (unpaired) electrons. The molecule has 1 unspecified atom stereocenters. The first-order valence-corrected chi connectivity index (χ1v) is 7.09. The quantitative estimate of drug-likeness (QED) is 0.887. The van der Waals surface area contributed by atoms with Crippen molar-refractivity contribution in [1.29, 1.82) is 0 Å². The number of ether oxygens (including phenoxy) is 1. The van der Waals surface area contributed by atoms with Gasteiger partial charge in [0.1, 0.15) is 11.8 Å². The molecule has 0 fully saturated rings. The Morgan fingerprint density at radius 1 is 1.29 bits per heavy atom. The van der Waals surface area contributed by atoms with Crippen LogP contribution in [0, 0.1) is 19.8 Å². The number of aliphatic carboxylic acids is 1. The number of carboxylic acid groups (broad SMARTS) is 1. The maximum atomic E-state index is 12.2. The summed E-state index contributed by atoms with van der Waals surface area (Å²) in [6, 6.07) is 3.05. The van der Waals surface area contributed by atoms with Crippen LogP contribution in [-0.4, -0.2) is 29.1 Å². The third-order valence-electron chi connectivity index (χ3n) is 3.87. The SMILES string of the molecule is Cc1cc2c(cc1C)OC(C(=O)N[C@@H](C(=O)O)C(C)C)C2. The van der Waals surface area contributed by atoms with Gasteiger partial charge in [-0.25, -0.2) is 4.79 Å². The van der Waals surface area contributed by atoms with Gasteiger partial charge in [0, 0.05) is 6.42 Å². The Kier molecular flexibility index (Phi) is 4.21. The first kappa shape index (κ1) is 15.4. The summed E-state index contributed by atoms with van der Waals surface area (Å²) >= 11 is 0. The first-order chi connectivity index (χ1) is 9.79. The first-order valence-electron chi connectivity index (χ1n) is 7.09. The van der Waals surface area contributed by atoms with Crippen LogP contribution in [0.25, 0.3) is 0 Å². The van der Waals surface area contributed by atoms with Crippen LogP contribution in [0.5, 0.6) is 5.75 Å². The third-order valence-corrected chi connectivity index (χ3v) is 3.87. The van der Waals surface area contributed by atoms with Crippen molar-refractivity contribution in [1.82, 2.24) is 5.32 Å². The van der Waals surface area contributed by atoms with Gasteiger partial charge in [0.05, 0.1) is 0 Å². The molecule has 0 aliphatic carbocycles. The van der Waals surface area contributed by atoms with Gasteiger partial charge in [0.15, 0.2) is 6.10 Å². The summed E-state index contributed by atoms with van der Waals surface area (Å²) in [6.45, 7) is 7.53. The lowest BCUT2D eigenvalue weighted by Gasteiger charge is -2.20. The maximum absolute atomic E-state index is 12.2. The minimum atomic E-state index is -1.03. The number of hydrogen-bond donors (Lipinski definition) is 2. The molecule has 2 rings (SSSR count). The molecule has 0 saturated carbocycles. The van der Waals surface area contributed by atoms with E-state index in [4.69, 9.17) is 9.84 Å². The van der Waals surface area contributed by atoms with Gasteiger partial charge in [-0.2, -0.15) is 0 Å². The minimum absolute atomic E-state index is 0.181. The minimum Gasteiger partial charge on any atom is -0.480 e. The largest absolute Gasteiger partial charge is 0.480 e. The average molecular weight is 291 g/mol. The van der Waals surface area contributed by atoms with Crippen LogP contribution in [0.3, 0.4) is 0 Å². The number of benzene rings is 1. The molecular weight excluding hydrogens is 270 g/mol. The molecule has 2 atom stereocenters. The summed E-state index contributed by atoms with van der Waals surface area (Å²) < 4.78 is 5.66. The van der Waals surface area contributed by atoms with Crippen molar-refractivity contribution in [2.75, 3.05) is 0 Å². The Morgan fingerprint density at radius 2 is 1.90 bits per heavy atom. The van der Waals surface area contributed by atoms with Gasteiger partial charge >= 0.3 is 5.97 Å². The lowest BCUT2D eigenvalue weighted by molar-refractivity contribution is -0.144. The second kappa shape index (κ2) is 5.76. The van der Waals surface area contributed by atoms with E-state index < -0.39 is 18.1 Å². The van der Waals surface area contributed by atoms with Crippen molar-refractivity contribution in [3.63, 3.8) is 0 Å².